The number of hydrogen-bond donors (Lipinski definition) is 0. The van der Waals surface area contributed by atoms with Crippen LogP contribution in [-0.4, -0.2) is 42.9 Å². The molecule has 2 aromatic carbocycles. The van der Waals surface area contributed by atoms with Crippen molar-refractivity contribution in [3.63, 3.8) is 0 Å². The maximum Gasteiger partial charge on any atom is 0.338 e. The average Bonchev–Trinajstić information content (AvgIpc) is 3.60. The van der Waals surface area contributed by atoms with Crippen LogP contribution < -0.4 is 29.1 Å². The molecule has 0 unspecified atom stereocenters. The lowest BCUT2D eigenvalue weighted by molar-refractivity contribution is -0.384. The molecular formula is C31H29N3O9S. The zero-order chi connectivity index (χ0) is 31.5. The smallest absolute Gasteiger partial charge is 0.338 e. The second-order valence-corrected chi connectivity index (χ2v) is 10.5. The van der Waals surface area contributed by atoms with Crippen molar-refractivity contribution in [2.24, 2.45) is 4.99 Å². The van der Waals surface area contributed by atoms with Gasteiger partial charge in [-0.1, -0.05) is 17.4 Å². The maximum absolute atomic E-state index is 14.0. The Hall–Kier alpha value is -5.17. The summed E-state index contributed by atoms with van der Waals surface area (Å²) >= 11 is 1.14. The molecule has 12 nitrogen and oxygen atoms in total. The number of nitrogens with zero attached hydrogens (tertiary/aromatic N) is 3. The van der Waals surface area contributed by atoms with Crippen molar-refractivity contribution in [1.29, 1.82) is 0 Å². The molecule has 0 aliphatic carbocycles. The fourth-order valence-electron chi connectivity index (χ4n) is 4.95. The number of carbonyl (C=O) groups excluding carboxylic acids is 1. The summed E-state index contributed by atoms with van der Waals surface area (Å²) in [7, 11) is 2.99. The molecule has 1 atom stereocenters. The molecule has 0 saturated heterocycles. The van der Waals surface area contributed by atoms with E-state index >= 15 is 0 Å². The minimum absolute atomic E-state index is 0.120. The molecule has 0 N–H and O–H groups in total. The molecular weight excluding hydrogens is 590 g/mol. The third-order valence-corrected chi connectivity index (χ3v) is 7.86. The quantitative estimate of drug-likeness (QED) is 0.143. The number of fused-ring (bicyclic) bond motifs is 1. The predicted molar refractivity (Wildman–Crippen MR) is 162 cm³/mol. The van der Waals surface area contributed by atoms with Crippen molar-refractivity contribution < 1.29 is 33.1 Å². The summed E-state index contributed by atoms with van der Waals surface area (Å²) in [5, 5.41) is 11.3. The molecule has 228 valence electrons. The summed E-state index contributed by atoms with van der Waals surface area (Å²) in [6, 6.07) is 11.9. The van der Waals surface area contributed by atoms with Crippen molar-refractivity contribution >= 4 is 29.1 Å². The third-order valence-electron chi connectivity index (χ3n) is 6.88. The fourth-order valence-corrected chi connectivity index (χ4v) is 5.97. The first kappa shape index (κ1) is 30.3. The Morgan fingerprint density at radius 1 is 1.07 bits per heavy atom. The van der Waals surface area contributed by atoms with E-state index in [2.05, 4.69) is 4.99 Å². The van der Waals surface area contributed by atoms with Gasteiger partial charge in [0.25, 0.3) is 11.2 Å². The third kappa shape index (κ3) is 5.61. The molecule has 0 fully saturated rings. The van der Waals surface area contributed by atoms with Crippen molar-refractivity contribution in [3.8, 4) is 28.6 Å². The van der Waals surface area contributed by atoms with Crippen LogP contribution in [0.15, 0.2) is 74.0 Å². The first-order chi connectivity index (χ1) is 21.2. The SMILES string of the molecule is CCOC(=O)C1=C(C)N=c2s/c(=C\c3ccc(-c4cc([N+](=O)[O-])ccc4OC)o3)c(=O)n2[C@@H]1c1ccc(OC)c(OCC)c1. The Balaban J connectivity index is 1.65. The lowest BCUT2D eigenvalue weighted by atomic mass is 9.95. The van der Waals surface area contributed by atoms with E-state index in [-0.39, 0.29) is 17.9 Å². The highest BCUT2D eigenvalue weighted by Crippen LogP contribution is 2.37. The minimum Gasteiger partial charge on any atom is -0.496 e. The van der Waals surface area contributed by atoms with E-state index in [4.69, 9.17) is 23.4 Å². The van der Waals surface area contributed by atoms with Crippen LogP contribution in [0.2, 0.25) is 0 Å². The van der Waals surface area contributed by atoms with Crippen molar-refractivity contribution in [3.05, 3.63) is 101 Å². The van der Waals surface area contributed by atoms with Crippen LogP contribution in [0.1, 0.15) is 38.1 Å². The monoisotopic (exact) mass is 619 g/mol. The van der Waals surface area contributed by atoms with Crippen LogP contribution in [-0.2, 0) is 9.53 Å². The van der Waals surface area contributed by atoms with Gasteiger partial charge in [0.05, 0.1) is 59.8 Å². The molecule has 1 aliphatic heterocycles. The number of methoxy groups -OCH3 is 2. The maximum atomic E-state index is 14.0. The first-order valence-corrected chi connectivity index (χ1v) is 14.4. The zero-order valence-corrected chi connectivity index (χ0v) is 25.4. The van der Waals surface area contributed by atoms with Gasteiger partial charge in [0.2, 0.25) is 0 Å². The van der Waals surface area contributed by atoms with Gasteiger partial charge in [-0.2, -0.15) is 0 Å². The summed E-state index contributed by atoms with van der Waals surface area (Å²) in [5.74, 6) is 1.44. The predicted octanol–water partition coefficient (Wildman–Crippen LogP) is 4.38. The highest BCUT2D eigenvalue weighted by Gasteiger charge is 2.34. The van der Waals surface area contributed by atoms with Gasteiger partial charge in [-0.05, 0) is 56.7 Å². The molecule has 0 amide bonds. The average molecular weight is 620 g/mol. The highest BCUT2D eigenvalue weighted by atomic mass is 32.1. The molecule has 1 aliphatic rings. The van der Waals surface area contributed by atoms with Gasteiger partial charge in [-0.25, -0.2) is 9.79 Å². The summed E-state index contributed by atoms with van der Waals surface area (Å²) in [6.07, 6.45) is 1.57. The van der Waals surface area contributed by atoms with E-state index < -0.39 is 22.5 Å². The topological polar surface area (TPSA) is 145 Å². The molecule has 44 heavy (non-hydrogen) atoms. The second kappa shape index (κ2) is 12.6. The zero-order valence-electron chi connectivity index (χ0n) is 24.6. The van der Waals surface area contributed by atoms with Gasteiger partial charge in [0.1, 0.15) is 17.3 Å². The summed E-state index contributed by atoms with van der Waals surface area (Å²) in [6.45, 7) is 5.79. The van der Waals surface area contributed by atoms with E-state index in [1.807, 2.05) is 6.92 Å². The second-order valence-electron chi connectivity index (χ2n) is 9.49. The molecule has 0 radical (unpaired) electrons. The summed E-state index contributed by atoms with van der Waals surface area (Å²) < 4.78 is 29.7. The molecule has 0 saturated carbocycles. The fraction of sp³-hybridized carbons (Fsp3) is 0.258. The number of carbonyl (C=O) groups is 1. The van der Waals surface area contributed by atoms with E-state index in [1.165, 1.54) is 37.0 Å². The number of esters is 1. The molecule has 3 heterocycles. The summed E-state index contributed by atoms with van der Waals surface area (Å²) in [5.41, 5.74) is 1.14. The van der Waals surface area contributed by atoms with Crippen LogP contribution in [0.3, 0.4) is 0 Å². The first-order valence-electron chi connectivity index (χ1n) is 13.6. The number of thiazole rings is 1. The Morgan fingerprint density at radius 2 is 1.82 bits per heavy atom. The molecule has 2 aromatic heterocycles. The van der Waals surface area contributed by atoms with Crippen LogP contribution >= 0.6 is 11.3 Å². The number of hydrogen-bond acceptors (Lipinski definition) is 11. The molecule has 0 bridgehead atoms. The number of nitro groups is 1. The van der Waals surface area contributed by atoms with E-state index in [9.17, 15) is 19.7 Å². The Bertz CT molecular complexity index is 1970. The van der Waals surface area contributed by atoms with Crippen LogP contribution in [0.25, 0.3) is 17.4 Å². The van der Waals surface area contributed by atoms with Gasteiger partial charge in [-0.3, -0.25) is 19.5 Å². The Kier molecular flexibility index (Phi) is 8.67. The normalized spacial score (nSPS) is 14.6. The van der Waals surface area contributed by atoms with Gasteiger partial charge < -0.3 is 23.4 Å². The molecule has 5 rings (SSSR count). The van der Waals surface area contributed by atoms with Crippen LogP contribution in [0, 0.1) is 10.1 Å². The van der Waals surface area contributed by atoms with E-state index in [0.717, 1.165) is 11.3 Å². The molecule has 0 spiro atoms. The van der Waals surface area contributed by atoms with Gasteiger partial charge in [-0.15, -0.1) is 0 Å². The van der Waals surface area contributed by atoms with Crippen molar-refractivity contribution in [2.45, 2.75) is 26.8 Å². The number of non-ortho nitro benzene ring substituents is 1. The number of rotatable bonds is 10. The molecule has 13 heteroatoms. The minimum atomic E-state index is -0.848. The Labute approximate surface area is 255 Å². The van der Waals surface area contributed by atoms with E-state index in [0.29, 0.717) is 61.5 Å². The number of furan rings is 1. The van der Waals surface area contributed by atoms with Gasteiger partial charge in [0.15, 0.2) is 16.3 Å². The van der Waals surface area contributed by atoms with Crippen molar-refractivity contribution in [2.75, 3.05) is 27.4 Å². The highest BCUT2D eigenvalue weighted by molar-refractivity contribution is 7.07. The number of allylic oxidation sites excluding steroid dienone is 1. The number of benzene rings is 2. The van der Waals surface area contributed by atoms with Gasteiger partial charge in [0, 0.05) is 18.2 Å². The lowest BCUT2D eigenvalue weighted by Gasteiger charge is -2.25. The number of nitro benzene ring substituents is 1. The van der Waals surface area contributed by atoms with Crippen molar-refractivity contribution in [1.82, 2.24) is 4.57 Å². The molecule has 4 aromatic rings. The lowest BCUT2D eigenvalue weighted by Crippen LogP contribution is -2.39. The van der Waals surface area contributed by atoms with E-state index in [1.54, 1.807) is 50.3 Å². The standard InChI is InChI=1S/C31H29N3O9S/c1-6-41-25-14-18(8-11-24(25)40-5)28-27(30(36)42-7-2)17(3)32-31-33(28)29(35)26(44-31)16-20-10-13-23(43-20)21-15-19(34(37)38)9-12-22(21)39-4/h8-16,28H,6-7H2,1-5H3/b26-16-/t28-/m1/s1. The number of aromatic nitrogens is 1. The summed E-state index contributed by atoms with van der Waals surface area (Å²) in [4.78, 5) is 43.0. The van der Waals surface area contributed by atoms with Crippen LogP contribution in [0.5, 0.6) is 17.2 Å². The largest absolute Gasteiger partial charge is 0.496 e. The van der Waals surface area contributed by atoms with Crippen LogP contribution in [0.4, 0.5) is 5.69 Å². The van der Waals surface area contributed by atoms with Gasteiger partial charge >= 0.3 is 5.97 Å². The number of ether oxygens (including phenoxy) is 4. The Morgan fingerprint density at radius 3 is 2.50 bits per heavy atom.